The summed E-state index contributed by atoms with van der Waals surface area (Å²) in [5, 5.41) is 3.07. The summed E-state index contributed by atoms with van der Waals surface area (Å²) in [7, 11) is 0. The van der Waals surface area contributed by atoms with E-state index in [1.807, 2.05) is 6.07 Å². The number of benzene rings is 1. The predicted molar refractivity (Wildman–Crippen MR) is 81.6 cm³/mol. The molecule has 1 fully saturated rings. The molecule has 0 aromatic heterocycles. The first-order valence-electron chi connectivity index (χ1n) is 7.19. The second kappa shape index (κ2) is 6.73. The van der Waals surface area contributed by atoms with Gasteiger partial charge in [-0.1, -0.05) is 24.6 Å². The average molecular weight is 314 g/mol. The van der Waals surface area contributed by atoms with Crippen molar-refractivity contribution in [2.45, 2.75) is 38.4 Å². The second-order valence-corrected chi connectivity index (χ2v) is 5.85. The molecule has 0 spiro atoms. The molecule has 21 heavy (non-hydrogen) atoms. The molecule has 1 aromatic rings. The zero-order valence-electron chi connectivity index (χ0n) is 12.3. The molecular formula is C15H21ClFN3O. The smallest absolute Gasteiger partial charge is 0.236 e. The van der Waals surface area contributed by atoms with E-state index in [9.17, 15) is 9.18 Å². The topological polar surface area (TPSA) is 58.4 Å². The highest BCUT2D eigenvalue weighted by molar-refractivity contribution is 6.30. The zero-order chi connectivity index (χ0) is 15.6. The van der Waals surface area contributed by atoms with E-state index >= 15 is 0 Å². The lowest BCUT2D eigenvalue weighted by Gasteiger charge is -2.28. The highest BCUT2D eigenvalue weighted by atomic mass is 35.5. The average Bonchev–Trinajstić information content (AvgIpc) is 2.84. The molecular weight excluding hydrogens is 293 g/mol. The molecule has 2 rings (SSSR count). The van der Waals surface area contributed by atoms with Gasteiger partial charge in [0.1, 0.15) is 5.82 Å². The molecule has 116 valence electrons. The standard InChI is InChI=1S/C15H21ClFN3O/c1-3-20-7-6-13(19-15(21)9(2)18)14(20)10-4-5-11(16)12(17)8-10/h4-5,8-9,13-14H,3,6-7,18H2,1-2H3,(H,19,21)/t9-,13?,14?/m1/s1. The van der Waals surface area contributed by atoms with E-state index in [-0.39, 0.29) is 23.0 Å². The second-order valence-electron chi connectivity index (χ2n) is 5.44. The molecule has 1 aromatic carbocycles. The fourth-order valence-electron chi connectivity index (χ4n) is 2.82. The summed E-state index contributed by atoms with van der Waals surface area (Å²) >= 11 is 5.75. The number of hydrogen-bond donors (Lipinski definition) is 2. The lowest BCUT2D eigenvalue weighted by atomic mass is 9.99. The third-order valence-corrected chi connectivity index (χ3v) is 4.24. The third-order valence-electron chi connectivity index (χ3n) is 3.93. The van der Waals surface area contributed by atoms with Crippen molar-refractivity contribution < 1.29 is 9.18 Å². The van der Waals surface area contributed by atoms with Gasteiger partial charge in [0.05, 0.1) is 17.1 Å². The first-order valence-corrected chi connectivity index (χ1v) is 7.56. The van der Waals surface area contributed by atoms with Gasteiger partial charge < -0.3 is 11.1 Å². The van der Waals surface area contributed by atoms with Crippen LogP contribution in [0.4, 0.5) is 4.39 Å². The molecule has 0 bridgehead atoms. The summed E-state index contributed by atoms with van der Waals surface area (Å²) in [4.78, 5) is 14.1. The van der Waals surface area contributed by atoms with Crippen LogP contribution < -0.4 is 11.1 Å². The summed E-state index contributed by atoms with van der Waals surface area (Å²) in [5.74, 6) is -0.619. The van der Waals surface area contributed by atoms with Gasteiger partial charge in [-0.25, -0.2) is 4.39 Å². The van der Waals surface area contributed by atoms with Gasteiger partial charge in [0.25, 0.3) is 0 Å². The first-order chi connectivity index (χ1) is 9.93. The Balaban J connectivity index is 2.25. The van der Waals surface area contributed by atoms with E-state index in [2.05, 4.69) is 17.1 Å². The van der Waals surface area contributed by atoms with Gasteiger partial charge in [-0.15, -0.1) is 0 Å². The van der Waals surface area contributed by atoms with E-state index in [4.69, 9.17) is 17.3 Å². The number of hydrogen-bond acceptors (Lipinski definition) is 3. The van der Waals surface area contributed by atoms with Crippen LogP contribution in [0.15, 0.2) is 18.2 Å². The van der Waals surface area contributed by atoms with Crippen LogP contribution >= 0.6 is 11.6 Å². The van der Waals surface area contributed by atoms with E-state index in [0.29, 0.717) is 0 Å². The normalized spacial score (nSPS) is 24.0. The van der Waals surface area contributed by atoms with Crippen molar-refractivity contribution in [3.8, 4) is 0 Å². The quantitative estimate of drug-likeness (QED) is 0.895. The number of likely N-dealkylation sites (N-methyl/N-ethyl adjacent to an activating group) is 1. The van der Waals surface area contributed by atoms with Crippen LogP contribution in [0.2, 0.25) is 5.02 Å². The molecule has 1 aliphatic heterocycles. The number of carbonyl (C=O) groups is 1. The largest absolute Gasteiger partial charge is 0.350 e. The van der Waals surface area contributed by atoms with E-state index < -0.39 is 11.9 Å². The summed E-state index contributed by atoms with van der Waals surface area (Å²) in [6.45, 7) is 5.39. The van der Waals surface area contributed by atoms with Gasteiger partial charge in [-0.2, -0.15) is 0 Å². The summed E-state index contributed by atoms with van der Waals surface area (Å²) in [6, 6.07) is 4.15. The Morgan fingerprint density at radius 3 is 2.90 bits per heavy atom. The van der Waals surface area contributed by atoms with Crippen molar-refractivity contribution in [2.75, 3.05) is 13.1 Å². The Kier molecular flexibility index (Phi) is 5.19. The predicted octanol–water partition coefficient (Wildman–Crippen LogP) is 2.08. The summed E-state index contributed by atoms with van der Waals surface area (Å²) in [6.07, 6.45) is 0.821. The summed E-state index contributed by atoms with van der Waals surface area (Å²) in [5.41, 5.74) is 6.43. The minimum absolute atomic E-state index is 0.0514. The molecule has 3 N–H and O–H groups in total. The maximum Gasteiger partial charge on any atom is 0.236 e. The monoisotopic (exact) mass is 313 g/mol. The van der Waals surface area contributed by atoms with Crippen LogP contribution in [0.1, 0.15) is 31.9 Å². The molecule has 6 heteroatoms. The molecule has 2 unspecified atom stereocenters. The Bertz CT molecular complexity index is 524. The van der Waals surface area contributed by atoms with Crippen LogP contribution in [0.3, 0.4) is 0 Å². The highest BCUT2D eigenvalue weighted by Crippen LogP contribution is 2.33. The number of carbonyl (C=O) groups excluding carboxylic acids is 1. The van der Waals surface area contributed by atoms with Crippen molar-refractivity contribution in [1.29, 1.82) is 0 Å². The maximum absolute atomic E-state index is 13.7. The Morgan fingerprint density at radius 2 is 2.33 bits per heavy atom. The number of amides is 1. The fourth-order valence-corrected chi connectivity index (χ4v) is 2.93. The van der Waals surface area contributed by atoms with Crippen molar-refractivity contribution in [2.24, 2.45) is 5.73 Å². The number of likely N-dealkylation sites (tertiary alicyclic amines) is 1. The molecule has 1 amide bonds. The third kappa shape index (κ3) is 3.54. The minimum Gasteiger partial charge on any atom is -0.350 e. The van der Waals surface area contributed by atoms with E-state index in [1.54, 1.807) is 13.0 Å². The van der Waals surface area contributed by atoms with Gasteiger partial charge in [-0.3, -0.25) is 9.69 Å². The SMILES string of the molecule is CCN1CCC(NC(=O)[C@@H](C)N)C1c1ccc(Cl)c(F)c1. The van der Waals surface area contributed by atoms with Crippen molar-refractivity contribution in [3.63, 3.8) is 0 Å². The Morgan fingerprint density at radius 1 is 1.62 bits per heavy atom. The number of halogens is 2. The van der Waals surface area contributed by atoms with Crippen molar-refractivity contribution in [3.05, 3.63) is 34.6 Å². The number of nitrogens with zero attached hydrogens (tertiary/aromatic N) is 1. The molecule has 1 aliphatic rings. The van der Waals surface area contributed by atoms with Gasteiger partial charge in [0.15, 0.2) is 0 Å². The maximum atomic E-state index is 13.7. The molecule has 0 saturated carbocycles. The number of nitrogens with one attached hydrogen (secondary N) is 1. The zero-order valence-corrected chi connectivity index (χ0v) is 13.0. The highest BCUT2D eigenvalue weighted by Gasteiger charge is 2.35. The van der Waals surface area contributed by atoms with Gasteiger partial charge >= 0.3 is 0 Å². The van der Waals surface area contributed by atoms with Crippen LogP contribution in [-0.4, -0.2) is 36.0 Å². The minimum atomic E-state index is -0.553. The number of rotatable bonds is 4. The van der Waals surface area contributed by atoms with Crippen molar-refractivity contribution in [1.82, 2.24) is 10.2 Å². The van der Waals surface area contributed by atoms with Crippen molar-refractivity contribution >= 4 is 17.5 Å². The molecule has 0 radical (unpaired) electrons. The first kappa shape index (κ1) is 16.2. The lowest BCUT2D eigenvalue weighted by molar-refractivity contribution is -0.122. The van der Waals surface area contributed by atoms with Gasteiger partial charge in [-0.05, 0) is 37.6 Å². The van der Waals surface area contributed by atoms with Gasteiger partial charge in [0.2, 0.25) is 5.91 Å². The molecule has 4 nitrogen and oxygen atoms in total. The Labute approximate surface area is 129 Å². The van der Waals surface area contributed by atoms with E-state index in [0.717, 1.165) is 25.1 Å². The van der Waals surface area contributed by atoms with Crippen LogP contribution in [0.25, 0.3) is 0 Å². The molecule has 1 saturated heterocycles. The van der Waals surface area contributed by atoms with E-state index in [1.165, 1.54) is 6.07 Å². The van der Waals surface area contributed by atoms with Crippen LogP contribution in [-0.2, 0) is 4.79 Å². The molecule has 1 heterocycles. The van der Waals surface area contributed by atoms with Gasteiger partial charge in [0, 0.05) is 12.6 Å². The summed E-state index contributed by atoms with van der Waals surface area (Å²) < 4.78 is 13.7. The molecule has 0 aliphatic carbocycles. The fraction of sp³-hybridized carbons (Fsp3) is 0.533. The van der Waals surface area contributed by atoms with Crippen LogP contribution in [0.5, 0.6) is 0 Å². The number of nitrogens with two attached hydrogens (primary N) is 1. The van der Waals surface area contributed by atoms with Crippen LogP contribution in [0, 0.1) is 5.82 Å². The molecule has 3 atom stereocenters. The Hall–Kier alpha value is -1.17. The lowest BCUT2D eigenvalue weighted by Crippen LogP contribution is -2.46.